The molecule has 0 aliphatic carbocycles. The lowest BCUT2D eigenvalue weighted by molar-refractivity contribution is 0.773. The third kappa shape index (κ3) is 4.36. The minimum atomic E-state index is 0.510. The molecule has 0 radical (unpaired) electrons. The SMILES string of the molecule is Cc1cccc2sc3ncccc3/c(=N/Cn3c4ccccc4c4cc(-c5ccc6c(c5)c5ccccc5n6-c5ccccc5)ccc43)c12. The zero-order valence-electron chi connectivity index (χ0n) is 26.8. The minimum absolute atomic E-state index is 0.510. The first-order valence-electron chi connectivity index (χ1n) is 16.6. The highest BCUT2D eigenvalue weighted by atomic mass is 32.1. The van der Waals surface area contributed by atoms with Gasteiger partial charge < -0.3 is 9.13 Å². The van der Waals surface area contributed by atoms with Crippen LogP contribution in [-0.4, -0.2) is 14.1 Å². The summed E-state index contributed by atoms with van der Waals surface area (Å²) in [5.41, 5.74) is 9.60. The Bertz CT molecular complexity index is 2980. The van der Waals surface area contributed by atoms with Crippen molar-refractivity contribution in [3.05, 3.63) is 163 Å². The molecular weight excluding hydrogens is 617 g/mol. The summed E-state index contributed by atoms with van der Waals surface area (Å²) in [7, 11) is 0. The molecule has 0 bridgehead atoms. The van der Waals surface area contributed by atoms with Crippen molar-refractivity contribution in [3.8, 4) is 16.8 Å². The van der Waals surface area contributed by atoms with Crippen LogP contribution < -0.4 is 5.36 Å². The highest BCUT2D eigenvalue weighted by molar-refractivity contribution is 7.24. The van der Waals surface area contributed by atoms with Gasteiger partial charge in [0.15, 0.2) is 0 Å². The van der Waals surface area contributed by atoms with Crippen LogP contribution in [0.15, 0.2) is 157 Å². The Morgan fingerprint density at radius 2 is 1.20 bits per heavy atom. The smallest absolute Gasteiger partial charge is 0.125 e. The predicted octanol–water partition coefficient (Wildman–Crippen LogP) is 11.2. The van der Waals surface area contributed by atoms with Crippen LogP contribution in [0.25, 0.3) is 80.7 Å². The molecule has 0 N–H and O–H groups in total. The maximum absolute atomic E-state index is 5.36. The number of para-hydroxylation sites is 3. The normalized spacial score (nSPS) is 12.4. The van der Waals surface area contributed by atoms with Gasteiger partial charge in [-0.05, 0) is 90.3 Å². The second-order valence-corrected chi connectivity index (χ2v) is 13.7. The highest BCUT2D eigenvalue weighted by Gasteiger charge is 2.15. The molecule has 0 fully saturated rings. The van der Waals surface area contributed by atoms with Crippen LogP contribution in [0.3, 0.4) is 0 Å². The quantitative estimate of drug-likeness (QED) is 0.175. The molecular formula is C44H30N4S. The molecule has 0 aliphatic heterocycles. The van der Waals surface area contributed by atoms with E-state index in [9.17, 15) is 0 Å². The number of fused-ring (bicyclic) bond motifs is 8. The van der Waals surface area contributed by atoms with E-state index in [4.69, 9.17) is 9.98 Å². The highest BCUT2D eigenvalue weighted by Crippen LogP contribution is 2.37. The molecule has 10 rings (SSSR count). The van der Waals surface area contributed by atoms with Gasteiger partial charge in [-0.2, -0.15) is 0 Å². The summed E-state index contributed by atoms with van der Waals surface area (Å²) in [6.07, 6.45) is 1.87. The molecule has 6 aromatic carbocycles. The van der Waals surface area contributed by atoms with Crippen LogP contribution in [0.1, 0.15) is 5.56 Å². The van der Waals surface area contributed by atoms with Gasteiger partial charge in [0.25, 0.3) is 0 Å². The fraction of sp³-hybridized carbons (Fsp3) is 0.0455. The Hall–Kier alpha value is -6.04. The topological polar surface area (TPSA) is 35.1 Å². The van der Waals surface area contributed by atoms with Crippen LogP contribution >= 0.6 is 11.3 Å². The molecule has 0 amide bonds. The Kier molecular flexibility index (Phi) is 6.30. The van der Waals surface area contributed by atoms with E-state index in [0.29, 0.717) is 6.67 Å². The Morgan fingerprint density at radius 3 is 2.02 bits per heavy atom. The number of aryl methyl sites for hydroxylation is 1. The monoisotopic (exact) mass is 646 g/mol. The predicted molar refractivity (Wildman–Crippen MR) is 207 cm³/mol. The van der Waals surface area contributed by atoms with Crippen LogP contribution in [0.5, 0.6) is 0 Å². The van der Waals surface area contributed by atoms with Crippen molar-refractivity contribution in [2.45, 2.75) is 13.6 Å². The summed E-state index contributed by atoms with van der Waals surface area (Å²) in [5, 5.41) is 8.31. The van der Waals surface area contributed by atoms with E-state index < -0.39 is 0 Å². The number of benzene rings is 6. The molecule has 0 saturated carbocycles. The lowest BCUT2D eigenvalue weighted by Crippen LogP contribution is -2.09. The largest absolute Gasteiger partial charge is 0.320 e. The van der Waals surface area contributed by atoms with E-state index in [2.05, 4.69) is 156 Å². The number of rotatable bonds is 4. The molecule has 49 heavy (non-hydrogen) atoms. The van der Waals surface area contributed by atoms with E-state index in [1.807, 2.05) is 12.3 Å². The maximum atomic E-state index is 5.36. The molecule has 4 heterocycles. The Labute approximate surface area is 286 Å². The van der Waals surface area contributed by atoms with Crippen molar-refractivity contribution in [2.24, 2.45) is 4.99 Å². The van der Waals surface area contributed by atoms with Gasteiger partial charge in [0.05, 0.1) is 27.4 Å². The summed E-state index contributed by atoms with van der Waals surface area (Å²) in [4.78, 5) is 11.1. The van der Waals surface area contributed by atoms with E-state index in [0.717, 1.165) is 15.6 Å². The van der Waals surface area contributed by atoms with Gasteiger partial charge >= 0.3 is 0 Å². The minimum Gasteiger partial charge on any atom is -0.320 e. The van der Waals surface area contributed by atoms with Gasteiger partial charge in [-0.3, -0.25) is 4.99 Å². The summed E-state index contributed by atoms with van der Waals surface area (Å²) in [5.74, 6) is 0. The number of aromatic nitrogens is 3. The molecule has 4 aromatic heterocycles. The lowest BCUT2D eigenvalue weighted by atomic mass is 10.0. The van der Waals surface area contributed by atoms with Crippen LogP contribution in [0.2, 0.25) is 0 Å². The van der Waals surface area contributed by atoms with Gasteiger partial charge in [0.2, 0.25) is 0 Å². The fourth-order valence-electron chi connectivity index (χ4n) is 7.62. The first kappa shape index (κ1) is 28.0. The zero-order valence-corrected chi connectivity index (χ0v) is 27.7. The molecule has 5 heteroatoms. The van der Waals surface area contributed by atoms with Gasteiger partial charge in [-0.25, -0.2) is 4.98 Å². The first-order valence-corrected chi connectivity index (χ1v) is 17.4. The molecule has 4 nitrogen and oxygen atoms in total. The lowest BCUT2D eigenvalue weighted by Gasteiger charge is -2.09. The average Bonchev–Trinajstić information content (AvgIpc) is 3.65. The molecule has 0 atom stereocenters. The van der Waals surface area contributed by atoms with E-state index in [-0.39, 0.29) is 0 Å². The van der Waals surface area contributed by atoms with E-state index in [1.54, 1.807) is 11.3 Å². The van der Waals surface area contributed by atoms with Crippen LogP contribution in [0.4, 0.5) is 0 Å². The van der Waals surface area contributed by atoms with Crippen LogP contribution in [-0.2, 0) is 6.67 Å². The number of pyridine rings is 1. The summed E-state index contributed by atoms with van der Waals surface area (Å²) >= 11 is 1.73. The third-order valence-corrected chi connectivity index (χ3v) is 10.9. The van der Waals surface area contributed by atoms with Gasteiger partial charge in [-0.1, -0.05) is 78.9 Å². The zero-order chi connectivity index (χ0) is 32.5. The van der Waals surface area contributed by atoms with Crippen molar-refractivity contribution < 1.29 is 0 Å². The van der Waals surface area contributed by atoms with Crippen molar-refractivity contribution in [1.29, 1.82) is 0 Å². The van der Waals surface area contributed by atoms with Crippen molar-refractivity contribution >= 4 is 75.3 Å². The average molecular weight is 647 g/mol. The van der Waals surface area contributed by atoms with Gasteiger partial charge in [0, 0.05) is 48.9 Å². The number of hydrogen-bond acceptors (Lipinski definition) is 3. The molecule has 0 spiro atoms. The van der Waals surface area contributed by atoms with Gasteiger partial charge in [-0.15, -0.1) is 11.3 Å². The second-order valence-electron chi connectivity index (χ2n) is 12.7. The standard InChI is InChI=1S/C44H30N4S/c1-28-11-9-19-41-42(28)43(34-16-10-24-45-44(34)49-41)46-27-47-37-17-7-5-14-32(37)35-25-29(20-22-38(35)47)30-21-23-40-36(26-30)33-15-6-8-18-39(33)48(40)31-12-3-2-4-13-31/h2-26H,27H2,1H3/b46-43-. The van der Waals surface area contributed by atoms with Crippen molar-refractivity contribution in [2.75, 3.05) is 0 Å². The second kappa shape index (κ2) is 11.0. The first-order chi connectivity index (χ1) is 24.2. The third-order valence-electron chi connectivity index (χ3n) is 9.87. The molecule has 232 valence electrons. The number of hydrogen-bond donors (Lipinski definition) is 0. The summed E-state index contributed by atoms with van der Waals surface area (Å²) in [6.45, 7) is 2.69. The molecule has 0 unspecified atom stereocenters. The molecule has 10 aromatic rings. The number of nitrogens with zero attached hydrogens (tertiary/aromatic N) is 4. The van der Waals surface area contributed by atoms with Crippen LogP contribution in [0, 0.1) is 6.92 Å². The Morgan fingerprint density at radius 1 is 0.571 bits per heavy atom. The van der Waals surface area contributed by atoms with E-state index in [1.165, 1.54) is 76.1 Å². The maximum Gasteiger partial charge on any atom is 0.125 e. The summed E-state index contributed by atoms with van der Waals surface area (Å²) < 4.78 is 5.93. The van der Waals surface area contributed by atoms with Gasteiger partial charge in [0.1, 0.15) is 11.5 Å². The fourth-order valence-corrected chi connectivity index (χ4v) is 8.72. The van der Waals surface area contributed by atoms with Crippen molar-refractivity contribution in [3.63, 3.8) is 0 Å². The summed E-state index contributed by atoms with van der Waals surface area (Å²) in [6, 6.07) is 52.5. The molecule has 0 saturated heterocycles. The Balaban J connectivity index is 1.15. The van der Waals surface area contributed by atoms with E-state index >= 15 is 0 Å². The van der Waals surface area contributed by atoms with Crippen molar-refractivity contribution in [1.82, 2.24) is 14.1 Å². The molecule has 0 aliphatic rings.